The Morgan fingerprint density at radius 1 is 1.70 bits per heavy atom. The van der Waals surface area contributed by atoms with Crippen molar-refractivity contribution in [2.45, 2.75) is 0 Å². The second-order valence-electron chi connectivity index (χ2n) is 1.71. The van der Waals surface area contributed by atoms with Crippen LogP contribution in [0.5, 0.6) is 0 Å². The number of hydrogen-bond donors (Lipinski definition) is 2. The van der Waals surface area contributed by atoms with Gasteiger partial charge in [-0.1, -0.05) is 5.16 Å². The molecule has 0 spiro atoms. The van der Waals surface area contributed by atoms with Gasteiger partial charge < -0.3 is 10.3 Å². The van der Waals surface area contributed by atoms with Gasteiger partial charge in [0.1, 0.15) is 0 Å². The monoisotopic (exact) mass is 143 g/mol. The highest BCUT2D eigenvalue weighted by molar-refractivity contribution is 5.18. The standard InChI is InChI=1S/C4H9N5O/c5-1-2-9(6)4-7-3-8-10-4/h3H,1-2,5-6H2. The minimum atomic E-state index is 0.283. The molecular weight excluding hydrogens is 134 g/mol. The molecule has 6 heteroatoms. The third kappa shape index (κ3) is 1.42. The molecule has 0 unspecified atom stereocenters. The topological polar surface area (TPSA) is 94.2 Å². The predicted molar refractivity (Wildman–Crippen MR) is 34.9 cm³/mol. The van der Waals surface area contributed by atoms with Crippen LogP contribution in [0.1, 0.15) is 0 Å². The highest BCUT2D eigenvalue weighted by Gasteiger charge is 2.03. The van der Waals surface area contributed by atoms with Crippen molar-refractivity contribution < 1.29 is 4.52 Å². The molecule has 56 valence electrons. The molecule has 0 aliphatic heterocycles. The first-order valence-electron chi connectivity index (χ1n) is 2.83. The summed E-state index contributed by atoms with van der Waals surface area (Å²) in [5, 5.41) is 4.68. The van der Waals surface area contributed by atoms with Gasteiger partial charge >= 0.3 is 6.01 Å². The molecule has 0 radical (unpaired) electrons. The van der Waals surface area contributed by atoms with Gasteiger partial charge in [0.25, 0.3) is 0 Å². The fourth-order valence-electron chi connectivity index (χ4n) is 0.529. The van der Waals surface area contributed by atoms with Gasteiger partial charge in [0.05, 0.1) is 6.54 Å². The second-order valence-corrected chi connectivity index (χ2v) is 1.71. The molecule has 1 rings (SSSR count). The Bertz CT molecular complexity index is 174. The summed E-state index contributed by atoms with van der Waals surface area (Å²) in [7, 11) is 0. The maximum atomic E-state index is 5.41. The van der Waals surface area contributed by atoms with Crippen LogP contribution in [0, 0.1) is 0 Å². The summed E-state index contributed by atoms with van der Waals surface area (Å²) in [6.45, 7) is 0.959. The third-order valence-corrected chi connectivity index (χ3v) is 0.965. The van der Waals surface area contributed by atoms with E-state index in [9.17, 15) is 0 Å². The van der Waals surface area contributed by atoms with Crippen LogP contribution in [0.4, 0.5) is 6.01 Å². The maximum Gasteiger partial charge on any atom is 0.337 e. The SMILES string of the molecule is NCCN(N)c1ncno1. The van der Waals surface area contributed by atoms with Crippen LogP contribution >= 0.6 is 0 Å². The molecule has 1 aromatic heterocycles. The minimum absolute atomic E-state index is 0.283. The number of hydrazine groups is 1. The van der Waals surface area contributed by atoms with Gasteiger partial charge in [0.15, 0.2) is 6.33 Å². The van der Waals surface area contributed by atoms with Crippen molar-refractivity contribution in [2.24, 2.45) is 11.6 Å². The van der Waals surface area contributed by atoms with Crippen LogP contribution in [0.25, 0.3) is 0 Å². The third-order valence-electron chi connectivity index (χ3n) is 0.965. The average Bonchev–Trinajstić information content (AvgIpc) is 2.38. The number of aromatic nitrogens is 2. The van der Waals surface area contributed by atoms with Crippen molar-refractivity contribution in [1.82, 2.24) is 10.1 Å². The van der Waals surface area contributed by atoms with E-state index in [4.69, 9.17) is 11.6 Å². The number of nitrogens with zero attached hydrogens (tertiary/aromatic N) is 3. The lowest BCUT2D eigenvalue weighted by Crippen LogP contribution is -2.35. The van der Waals surface area contributed by atoms with Crippen LogP contribution in [0.15, 0.2) is 10.9 Å². The molecule has 0 aromatic carbocycles. The van der Waals surface area contributed by atoms with E-state index in [1.807, 2.05) is 0 Å². The zero-order valence-electron chi connectivity index (χ0n) is 5.40. The summed E-state index contributed by atoms with van der Waals surface area (Å²) >= 11 is 0. The molecule has 6 nitrogen and oxygen atoms in total. The van der Waals surface area contributed by atoms with E-state index >= 15 is 0 Å². The number of anilines is 1. The Balaban J connectivity index is 2.50. The van der Waals surface area contributed by atoms with E-state index in [1.54, 1.807) is 0 Å². The van der Waals surface area contributed by atoms with E-state index in [1.165, 1.54) is 11.3 Å². The van der Waals surface area contributed by atoms with Gasteiger partial charge in [-0.2, -0.15) is 4.98 Å². The van der Waals surface area contributed by atoms with Gasteiger partial charge in [-0.3, -0.25) is 5.01 Å². The van der Waals surface area contributed by atoms with Crippen LogP contribution < -0.4 is 16.6 Å². The number of nitrogens with two attached hydrogens (primary N) is 2. The highest BCUT2D eigenvalue weighted by Crippen LogP contribution is 2.00. The quantitative estimate of drug-likeness (QED) is 0.404. The molecule has 0 saturated heterocycles. The van der Waals surface area contributed by atoms with Gasteiger partial charge in [0.2, 0.25) is 0 Å². The minimum Gasteiger partial charge on any atom is -0.329 e. The summed E-state index contributed by atoms with van der Waals surface area (Å²) < 4.78 is 4.63. The van der Waals surface area contributed by atoms with Crippen LogP contribution in [-0.4, -0.2) is 23.2 Å². The number of rotatable bonds is 3. The largest absolute Gasteiger partial charge is 0.337 e. The van der Waals surface area contributed by atoms with E-state index in [2.05, 4.69) is 14.7 Å². The first-order chi connectivity index (χ1) is 4.84. The van der Waals surface area contributed by atoms with Gasteiger partial charge in [0, 0.05) is 6.54 Å². The molecule has 4 N–H and O–H groups in total. The Labute approximate surface area is 57.8 Å². The lowest BCUT2D eigenvalue weighted by molar-refractivity contribution is 0.413. The summed E-state index contributed by atoms with van der Waals surface area (Å²) in [6, 6.07) is 0.283. The zero-order chi connectivity index (χ0) is 7.40. The lowest BCUT2D eigenvalue weighted by Gasteiger charge is -2.09. The van der Waals surface area contributed by atoms with Crippen LogP contribution in [-0.2, 0) is 0 Å². The Morgan fingerprint density at radius 2 is 2.50 bits per heavy atom. The molecule has 0 saturated carbocycles. The van der Waals surface area contributed by atoms with Crippen LogP contribution in [0.2, 0.25) is 0 Å². The molecular formula is C4H9N5O. The van der Waals surface area contributed by atoms with E-state index in [0.717, 1.165) is 0 Å². The van der Waals surface area contributed by atoms with E-state index in [0.29, 0.717) is 13.1 Å². The van der Waals surface area contributed by atoms with Crippen molar-refractivity contribution in [1.29, 1.82) is 0 Å². The first-order valence-corrected chi connectivity index (χ1v) is 2.83. The molecule has 0 atom stereocenters. The van der Waals surface area contributed by atoms with Crippen molar-refractivity contribution in [3.8, 4) is 0 Å². The van der Waals surface area contributed by atoms with E-state index in [-0.39, 0.29) is 6.01 Å². The summed E-state index contributed by atoms with van der Waals surface area (Å²) in [6.07, 6.45) is 1.28. The Morgan fingerprint density at radius 3 is 3.00 bits per heavy atom. The van der Waals surface area contributed by atoms with Crippen molar-refractivity contribution in [3.63, 3.8) is 0 Å². The molecule has 0 bridgehead atoms. The zero-order valence-corrected chi connectivity index (χ0v) is 5.40. The van der Waals surface area contributed by atoms with Gasteiger partial charge in [-0.05, 0) is 0 Å². The summed E-state index contributed by atoms with van der Waals surface area (Å²) in [5.41, 5.74) is 5.22. The Kier molecular flexibility index (Phi) is 2.19. The lowest BCUT2D eigenvalue weighted by atomic mass is 10.6. The molecule has 10 heavy (non-hydrogen) atoms. The predicted octanol–water partition coefficient (Wildman–Crippen LogP) is -1.29. The molecule has 0 amide bonds. The second kappa shape index (κ2) is 3.14. The summed E-state index contributed by atoms with van der Waals surface area (Å²) in [4.78, 5) is 3.70. The van der Waals surface area contributed by atoms with Gasteiger partial charge in [-0.15, -0.1) is 0 Å². The number of hydrogen-bond acceptors (Lipinski definition) is 6. The van der Waals surface area contributed by atoms with Gasteiger partial charge in [-0.25, -0.2) is 5.84 Å². The molecule has 0 fully saturated rings. The molecule has 0 aliphatic rings. The normalized spacial score (nSPS) is 9.80. The molecule has 1 heterocycles. The first kappa shape index (κ1) is 6.97. The van der Waals surface area contributed by atoms with Crippen molar-refractivity contribution >= 4 is 6.01 Å². The Hall–Kier alpha value is -1.14. The average molecular weight is 143 g/mol. The van der Waals surface area contributed by atoms with Crippen molar-refractivity contribution in [2.75, 3.05) is 18.1 Å². The molecule has 0 aliphatic carbocycles. The van der Waals surface area contributed by atoms with Crippen molar-refractivity contribution in [3.05, 3.63) is 6.33 Å². The fourth-order valence-corrected chi connectivity index (χ4v) is 0.529. The maximum absolute atomic E-state index is 5.41. The fraction of sp³-hybridized carbons (Fsp3) is 0.500. The highest BCUT2D eigenvalue weighted by atomic mass is 16.5. The summed E-state index contributed by atoms with van der Waals surface area (Å²) in [5.74, 6) is 5.41. The van der Waals surface area contributed by atoms with Crippen LogP contribution in [0.3, 0.4) is 0 Å². The van der Waals surface area contributed by atoms with E-state index < -0.39 is 0 Å². The molecule has 1 aromatic rings. The smallest absolute Gasteiger partial charge is 0.329 e.